The van der Waals surface area contributed by atoms with Gasteiger partial charge >= 0.3 is 6.18 Å². The lowest BCUT2D eigenvalue weighted by molar-refractivity contribution is -0.249. The van der Waals surface area contributed by atoms with Crippen LogP contribution < -0.4 is 9.64 Å². The summed E-state index contributed by atoms with van der Waals surface area (Å²) in [5, 5.41) is 28.8. The van der Waals surface area contributed by atoms with Crippen molar-refractivity contribution in [3.05, 3.63) is 110 Å². The molecule has 0 bridgehead atoms. The van der Waals surface area contributed by atoms with Crippen LogP contribution in [0.5, 0.6) is 5.75 Å². The van der Waals surface area contributed by atoms with Crippen LogP contribution in [0.15, 0.2) is 89.2 Å². The first-order valence-electron chi connectivity index (χ1n) is 14.5. The third-order valence-electron chi connectivity index (χ3n) is 7.25. The van der Waals surface area contributed by atoms with Crippen LogP contribution in [0.25, 0.3) is 18.2 Å². The molecule has 0 saturated heterocycles. The molecule has 1 unspecified atom stereocenters. The molecular weight excluding hydrogens is 609 g/mol. The smallest absolute Gasteiger partial charge is 0.437 e. The van der Waals surface area contributed by atoms with Crippen LogP contribution >= 0.6 is 11.3 Å². The quantitative estimate of drug-likeness (QED) is 0.205. The maximum atomic E-state index is 15.0. The molecular formula is C36H31F3N4O2S. The molecule has 6 nitrogen and oxygen atoms in total. The highest BCUT2D eigenvalue weighted by Crippen LogP contribution is 2.56. The van der Waals surface area contributed by atoms with Crippen LogP contribution in [0.1, 0.15) is 48.6 Å². The van der Waals surface area contributed by atoms with Gasteiger partial charge in [-0.15, -0.1) is 11.3 Å². The molecule has 46 heavy (non-hydrogen) atoms. The van der Waals surface area contributed by atoms with Gasteiger partial charge < -0.3 is 14.4 Å². The largest absolute Gasteiger partial charge is 0.490 e. The average Bonchev–Trinajstić information content (AvgIpc) is 3.63. The van der Waals surface area contributed by atoms with Gasteiger partial charge in [-0.2, -0.15) is 29.0 Å². The second-order valence-corrected chi connectivity index (χ2v) is 11.6. The van der Waals surface area contributed by atoms with Crippen LogP contribution in [-0.2, 0) is 10.3 Å². The van der Waals surface area contributed by atoms with Crippen molar-refractivity contribution in [1.82, 2.24) is 0 Å². The molecule has 1 aliphatic heterocycles. The molecule has 2 heterocycles. The summed E-state index contributed by atoms with van der Waals surface area (Å²) in [5.41, 5.74) is -3.22. The molecule has 3 aromatic rings. The summed E-state index contributed by atoms with van der Waals surface area (Å²) in [4.78, 5) is 3.68. The fraction of sp³-hybridized carbons (Fsp3) is 0.250. The Morgan fingerprint density at radius 3 is 2.11 bits per heavy atom. The Morgan fingerprint density at radius 2 is 1.57 bits per heavy atom. The van der Waals surface area contributed by atoms with Gasteiger partial charge in [-0.25, -0.2) is 0 Å². The van der Waals surface area contributed by atoms with E-state index in [1.165, 1.54) is 47.8 Å². The van der Waals surface area contributed by atoms with Crippen molar-refractivity contribution in [2.45, 2.75) is 45.6 Å². The van der Waals surface area contributed by atoms with E-state index in [2.05, 4.69) is 18.7 Å². The molecule has 1 aromatic heterocycles. The summed E-state index contributed by atoms with van der Waals surface area (Å²) < 4.78 is 56.6. The number of halogens is 3. The van der Waals surface area contributed by atoms with Gasteiger partial charge in [0.05, 0.1) is 6.10 Å². The van der Waals surface area contributed by atoms with E-state index >= 15 is 13.2 Å². The number of hydrogen-bond acceptors (Lipinski definition) is 7. The van der Waals surface area contributed by atoms with E-state index in [0.717, 1.165) is 35.0 Å². The lowest BCUT2D eigenvalue weighted by Gasteiger charge is -2.33. The topological polar surface area (TPSA) is 93.1 Å². The number of allylic oxidation sites excluding steroid dienone is 2. The molecule has 0 N–H and O–H groups in total. The van der Waals surface area contributed by atoms with Gasteiger partial charge in [0.2, 0.25) is 0 Å². The molecule has 1 atom stereocenters. The minimum atomic E-state index is -5.05. The highest BCUT2D eigenvalue weighted by molar-refractivity contribution is 7.13. The Labute approximate surface area is 270 Å². The second kappa shape index (κ2) is 14.2. The van der Waals surface area contributed by atoms with Crippen molar-refractivity contribution in [2.75, 3.05) is 18.0 Å². The third kappa shape index (κ3) is 6.71. The zero-order chi connectivity index (χ0) is 33.5. The molecule has 10 heteroatoms. The highest BCUT2D eigenvalue weighted by Gasteiger charge is 2.65. The number of alkyl halides is 3. The monoisotopic (exact) mass is 640 g/mol. The van der Waals surface area contributed by atoms with Crippen LogP contribution in [0, 0.1) is 34.0 Å². The highest BCUT2D eigenvalue weighted by atomic mass is 32.1. The number of nitrogens with zero attached hydrogens (tertiary/aromatic N) is 4. The maximum Gasteiger partial charge on any atom is 0.437 e. The normalized spacial score (nSPS) is 16.4. The summed E-state index contributed by atoms with van der Waals surface area (Å²) in [7, 11) is 0. The summed E-state index contributed by atoms with van der Waals surface area (Å²) in [6.07, 6.45) is 1.40. The molecule has 0 radical (unpaired) electrons. The number of ether oxygens (including phenoxy) is 2. The van der Waals surface area contributed by atoms with Crippen LogP contribution in [-0.4, -0.2) is 25.4 Å². The minimum absolute atomic E-state index is 0.0304. The molecule has 0 spiro atoms. The molecule has 234 valence electrons. The van der Waals surface area contributed by atoms with Gasteiger partial charge in [-0.05, 0) is 70.2 Å². The Kier molecular flexibility index (Phi) is 10.4. The molecule has 0 fully saturated rings. The van der Waals surface area contributed by atoms with Crippen molar-refractivity contribution in [3.8, 4) is 24.0 Å². The van der Waals surface area contributed by atoms with E-state index < -0.39 is 34.3 Å². The molecule has 0 saturated carbocycles. The first-order valence-corrected chi connectivity index (χ1v) is 15.4. The van der Waals surface area contributed by atoms with Gasteiger partial charge in [-0.1, -0.05) is 36.4 Å². The van der Waals surface area contributed by atoms with Crippen LogP contribution in [0.4, 0.5) is 18.9 Å². The second-order valence-electron chi connectivity index (χ2n) is 10.4. The average molecular weight is 641 g/mol. The number of rotatable bonds is 10. The number of thiophene rings is 1. The van der Waals surface area contributed by atoms with Crippen molar-refractivity contribution in [1.29, 1.82) is 15.8 Å². The fourth-order valence-corrected chi connectivity index (χ4v) is 5.94. The van der Waals surface area contributed by atoms with Gasteiger partial charge in [0.15, 0.2) is 11.3 Å². The Bertz CT molecular complexity index is 1810. The lowest BCUT2D eigenvalue weighted by Crippen LogP contribution is -2.43. The van der Waals surface area contributed by atoms with Crippen molar-refractivity contribution < 1.29 is 22.6 Å². The van der Waals surface area contributed by atoms with Gasteiger partial charge in [0.25, 0.3) is 5.60 Å². The van der Waals surface area contributed by atoms with Crippen LogP contribution in [0.2, 0.25) is 0 Å². The standard InChI is InChI=1S/C36H31F3N4O2S/c1-5-43(6-2)28-14-12-25(33(20-28)44-24(3)4)13-15-29-16-17-30(46-29)18-19-32-31(23-42)34(26(21-40)22-41)45-35(32,36(37,38)39)27-10-8-7-9-11-27/h7-20,24H,5-6H2,1-4H3/b15-13+,19-18+. The lowest BCUT2D eigenvalue weighted by atomic mass is 9.84. The van der Waals surface area contributed by atoms with Crippen molar-refractivity contribution in [2.24, 2.45) is 0 Å². The van der Waals surface area contributed by atoms with Gasteiger partial charge in [0.1, 0.15) is 29.5 Å². The zero-order valence-electron chi connectivity index (χ0n) is 25.7. The molecule has 1 aliphatic rings. The summed E-state index contributed by atoms with van der Waals surface area (Å²) in [5.74, 6) is 0.0430. The van der Waals surface area contributed by atoms with E-state index in [9.17, 15) is 15.8 Å². The van der Waals surface area contributed by atoms with Crippen LogP contribution in [0.3, 0.4) is 0 Å². The third-order valence-corrected chi connectivity index (χ3v) is 8.27. The van der Waals surface area contributed by atoms with E-state index in [0.29, 0.717) is 4.88 Å². The minimum Gasteiger partial charge on any atom is -0.490 e. The van der Waals surface area contributed by atoms with Crippen molar-refractivity contribution >= 4 is 35.3 Å². The predicted octanol–water partition coefficient (Wildman–Crippen LogP) is 9.17. The number of benzene rings is 2. The molecule has 4 rings (SSSR count). The first kappa shape index (κ1) is 33.6. The predicted molar refractivity (Wildman–Crippen MR) is 174 cm³/mol. The van der Waals surface area contributed by atoms with E-state index in [-0.39, 0.29) is 11.7 Å². The molecule has 0 aliphatic carbocycles. The number of nitriles is 3. The van der Waals surface area contributed by atoms with Crippen molar-refractivity contribution in [3.63, 3.8) is 0 Å². The van der Waals surface area contributed by atoms with E-state index in [4.69, 9.17) is 9.47 Å². The Balaban J connectivity index is 1.75. The summed E-state index contributed by atoms with van der Waals surface area (Å²) in [6.45, 7) is 9.84. The number of anilines is 1. The Hall–Kier alpha value is -5.24. The zero-order valence-corrected chi connectivity index (χ0v) is 26.5. The summed E-state index contributed by atoms with van der Waals surface area (Å²) in [6, 6.07) is 21.4. The molecule has 0 amide bonds. The van der Waals surface area contributed by atoms with Gasteiger partial charge in [0, 0.05) is 51.3 Å². The maximum absolute atomic E-state index is 15.0. The fourth-order valence-electron chi connectivity index (χ4n) is 5.12. The van der Waals surface area contributed by atoms with E-state index in [1.807, 2.05) is 50.3 Å². The van der Waals surface area contributed by atoms with E-state index in [1.54, 1.807) is 30.3 Å². The molecule has 2 aromatic carbocycles. The SMILES string of the molecule is CCN(CC)c1ccc(/C=C/c2ccc(/C=C/C3=C(C#N)C(=C(C#N)C#N)OC3(c3ccccc3)C(F)(F)F)s2)c(OC(C)C)c1. The number of hydrogen-bond donors (Lipinski definition) is 0. The van der Waals surface area contributed by atoms with Gasteiger partial charge in [-0.3, -0.25) is 0 Å². The first-order chi connectivity index (χ1) is 22.0. The Morgan fingerprint density at radius 1 is 0.935 bits per heavy atom. The summed E-state index contributed by atoms with van der Waals surface area (Å²) >= 11 is 1.33.